The molecule has 1 heterocycles. The molecule has 3 heteroatoms. The van der Waals surface area contributed by atoms with Gasteiger partial charge in [-0.05, 0) is 6.42 Å². The predicted molar refractivity (Wildman–Crippen MR) is 44.2 cm³/mol. The van der Waals surface area contributed by atoms with Crippen LogP contribution in [0.5, 0.6) is 0 Å². The summed E-state index contributed by atoms with van der Waals surface area (Å²) in [6, 6.07) is 0. The van der Waals surface area contributed by atoms with Crippen LogP contribution >= 0.6 is 0 Å². The van der Waals surface area contributed by atoms with Crippen LogP contribution in [0.1, 0.15) is 6.42 Å². The summed E-state index contributed by atoms with van der Waals surface area (Å²) in [7, 11) is 0. The van der Waals surface area contributed by atoms with Crippen LogP contribution in [0.3, 0.4) is 0 Å². The van der Waals surface area contributed by atoms with Crippen molar-refractivity contribution in [2.24, 2.45) is 5.92 Å². The van der Waals surface area contributed by atoms with E-state index in [0.717, 1.165) is 26.1 Å². The quantitative estimate of drug-likeness (QED) is 0.438. The summed E-state index contributed by atoms with van der Waals surface area (Å²) >= 11 is 0. The highest BCUT2D eigenvalue weighted by molar-refractivity contribution is 5.79. The Morgan fingerprint density at radius 3 is 2.91 bits per heavy atom. The average molecular weight is 154 g/mol. The number of hydrogen-bond donors (Lipinski definition) is 2. The Labute approximate surface area is 66.9 Å². The van der Waals surface area contributed by atoms with Gasteiger partial charge in [0.1, 0.15) is 0 Å². The zero-order valence-corrected chi connectivity index (χ0v) is 6.60. The molecule has 0 aromatic rings. The first-order valence-corrected chi connectivity index (χ1v) is 3.94. The molecule has 1 rings (SSSR count). The number of nitrogens with one attached hydrogen (secondary N) is 2. The molecule has 1 fully saturated rings. The standard InChI is InChI=1S/C8H14N2O/c1-2-3-4-10-8(11)7-5-9-6-7/h2,7,9H,1,3-6H2,(H,10,11). The first-order valence-electron chi connectivity index (χ1n) is 3.94. The molecule has 1 saturated heterocycles. The normalized spacial score (nSPS) is 17.1. The minimum atomic E-state index is 0.172. The van der Waals surface area contributed by atoms with E-state index in [4.69, 9.17) is 0 Å². The van der Waals surface area contributed by atoms with Crippen molar-refractivity contribution in [1.29, 1.82) is 0 Å². The molecule has 1 aliphatic heterocycles. The summed E-state index contributed by atoms with van der Waals surface area (Å²) in [6.07, 6.45) is 2.66. The molecule has 0 saturated carbocycles. The molecule has 0 aromatic heterocycles. The molecule has 0 spiro atoms. The van der Waals surface area contributed by atoms with Crippen molar-refractivity contribution in [3.63, 3.8) is 0 Å². The van der Waals surface area contributed by atoms with E-state index >= 15 is 0 Å². The Morgan fingerprint density at radius 2 is 2.45 bits per heavy atom. The van der Waals surface area contributed by atoms with E-state index in [1.807, 2.05) is 0 Å². The lowest BCUT2D eigenvalue weighted by molar-refractivity contribution is -0.126. The first-order chi connectivity index (χ1) is 5.34. The van der Waals surface area contributed by atoms with Gasteiger partial charge in [-0.2, -0.15) is 0 Å². The number of rotatable bonds is 4. The minimum Gasteiger partial charge on any atom is -0.355 e. The first kappa shape index (κ1) is 8.27. The van der Waals surface area contributed by atoms with Crippen molar-refractivity contribution in [1.82, 2.24) is 10.6 Å². The van der Waals surface area contributed by atoms with Gasteiger partial charge in [-0.3, -0.25) is 4.79 Å². The molecule has 0 aromatic carbocycles. The topological polar surface area (TPSA) is 41.1 Å². The Kier molecular flexibility index (Phi) is 3.11. The van der Waals surface area contributed by atoms with Gasteiger partial charge in [0, 0.05) is 19.6 Å². The van der Waals surface area contributed by atoms with Gasteiger partial charge in [0.05, 0.1) is 5.92 Å². The second-order valence-corrected chi connectivity index (χ2v) is 2.72. The lowest BCUT2D eigenvalue weighted by atomic mass is 10.0. The molecule has 3 nitrogen and oxygen atoms in total. The van der Waals surface area contributed by atoms with Gasteiger partial charge in [0.2, 0.25) is 5.91 Å². The second kappa shape index (κ2) is 4.13. The summed E-state index contributed by atoms with van der Waals surface area (Å²) in [5, 5.41) is 5.89. The van der Waals surface area contributed by atoms with Crippen LogP contribution in [-0.2, 0) is 4.79 Å². The summed E-state index contributed by atoms with van der Waals surface area (Å²) in [5.41, 5.74) is 0. The third-order valence-corrected chi connectivity index (χ3v) is 1.80. The van der Waals surface area contributed by atoms with Crippen LogP contribution < -0.4 is 10.6 Å². The van der Waals surface area contributed by atoms with E-state index in [1.54, 1.807) is 6.08 Å². The highest BCUT2D eigenvalue weighted by Crippen LogP contribution is 2.01. The van der Waals surface area contributed by atoms with Gasteiger partial charge in [-0.1, -0.05) is 6.08 Å². The van der Waals surface area contributed by atoms with E-state index in [9.17, 15) is 4.79 Å². The summed E-state index contributed by atoms with van der Waals surface area (Å²) in [6.45, 7) is 5.96. The fourth-order valence-electron chi connectivity index (χ4n) is 0.916. The molecule has 0 aliphatic carbocycles. The average Bonchev–Trinajstić information content (AvgIpc) is 1.84. The lowest BCUT2D eigenvalue weighted by Crippen LogP contribution is -2.50. The summed E-state index contributed by atoms with van der Waals surface area (Å²) in [4.78, 5) is 11.1. The van der Waals surface area contributed by atoms with E-state index in [2.05, 4.69) is 17.2 Å². The summed E-state index contributed by atoms with van der Waals surface area (Å²) < 4.78 is 0. The molecular weight excluding hydrogens is 140 g/mol. The smallest absolute Gasteiger partial charge is 0.225 e. The maximum Gasteiger partial charge on any atom is 0.225 e. The second-order valence-electron chi connectivity index (χ2n) is 2.72. The van der Waals surface area contributed by atoms with Crippen LogP contribution in [-0.4, -0.2) is 25.5 Å². The van der Waals surface area contributed by atoms with E-state index in [-0.39, 0.29) is 11.8 Å². The fraction of sp³-hybridized carbons (Fsp3) is 0.625. The van der Waals surface area contributed by atoms with Crippen LogP contribution in [0.2, 0.25) is 0 Å². The van der Waals surface area contributed by atoms with Gasteiger partial charge in [-0.15, -0.1) is 6.58 Å². The predicted octanol–water partition coefficient (Wildman–Crippen LogP) is -0.102. The molecule has 0 radical (unpaired) electrons. The number of hydrogen-bond acceptors (Lipinski definition) is 2. The van der Waals surface area contributed by atoms with E-state index < -0.39 is 0 Å². The number of amides is 1. The number of carbonyl (C=O) groups is 1. The zero-order valence-electron chi connectivity index (χ0n) is 6.60. The largest absolute Gasteiger partial charge is 0.355 e. The van der Waals surface area contributed by atoms with Gasteiger partial charge in [0.25, 0.3) is 0 Å². The highest BCUT2D eigenvalue weighted by Gasteiger charge is 2.23. The number of carbonyl (C=O) groups excluding carboxylic acids is 1. The molecule has 0 bridgehead atoms. The van der Waals surface area contributed by atoms with Crippen molar-refractivity contribution in [3.05, 3.63) is 12.7 Å². The lowest BCUT2D eigenvalue weighted by Gasteiger charge is -2.25. The van der Waals surface area contributed by atoms with Gasteiger partial charge in [-0.25, -0.2) is 0 Å². The van der Waals surface area contributed by atoms with Crippen molar-refractivity contribution in [2.75, 3.05) is 19.6 Å². The minimum absolute atomic E-state index is 0.172. The van der Waals surface area contributed by atoms with E-state index in [0.29, 0.717) is 0 Å². The van der Waals surface area contributed by atoms with Gasteiger partial charge in [0.15, 0.2) is 0 Å². The third-order valence-electron chi connectivity index (χ3n) is 1.80. The maximum absolute atomic E-state index is 11.1. The van der Waals surface area contributed by atoms with Crippen molar-refractivity contribution < 1.29 is 4.79 Å². The highest BCUT2D eigenvalue weighted by atomic mass is 16.2. The molecule has 62 valence electrons. The van der Waals surface area contributed by atoms with Crippen LogP contribution in [0.4, 0.5) is 0 Å². The van der Waals surface area contributed by atoms with Crippen molar-refractivity contribution in [2.45, 2.75) is 6.42 Å². The van der Waals surface area contributed by atoms with E-state index in [1.165, 1.54) is 0 Å². The molecule has 2 N–H and O–H groups in total. The monoisotopic (exact) mass is 154 g/mol. The zero-order chi connectivity index (χ0) is 8.10. The van der Waals surface area contributed by atoms with Crippen molar-refractivity contribution in [3.8, 4) is 0 Å². The Balaban J connectivity index is 2.05. The van der Waals surface area contributed by atoms with Crippen LogP contribution in [0.15, 0.2) is 12.7 Å². The fourth-order valence-corrected chi connectivity index (χ4v) is 0.916. The third kappa shape index (κ3) is 2.35. The SMILES string of the molecule is C=CCCNC(=O)C1CNC1. The van der Waals surface area contributed by atoms with Crippen LogP contribution in [0.25, 0.3) is 0 Å². The van der Waals surface area contributed by atoms with Gasteiger partial charge >= 0.3 is 0 Å². The molecule has 0 atom stereocenters. The van der Waals surface area contributed by atoms with Crippen molar-refractivity contribution >= 4 is 5.91 Å². The molecule has 0 unspecified atom stereocenters. The van der Waals surface area contributed by atoms with Crippen LogP contribution in [0, 0.1) is 5.92 Å². The molecule has 1 aliphatic rings. The Bertz CT molecular complexity index is 152. The molecule has 11 heavy (non-hydrogen) atoms. The Morgan fingerprint density at radius 1 is 1.73 bits per heavy atom. The van der Waals surface area contributed by atoms with Gasteiger partial charge < -0.3 is 10.6 Å². The molecule has 1 amide bonds. The molecular formula is C8H14N2O. The maximum atomic E-state index is 11.1. The Hall–Kier alpha value is -0.830. The summed E-state index contributed by atoms with van der Waals surface area (Å²) in [5.74, 6) is 0.380.